The molecule has 0 bridgehead atoms. The molecular formula is C28H32N2O3S. The van der Waals surface area contributed by atoms with Crippen molar-refractivity contribution in [2.24, 2.45) is 0 Å². The summed E-state index contributed by atoms with van der Waals surface area (Å²) in [7, 11) is 1.63. The zero-order valence-corrected chi connectivity index (χ0v) is 20.6. The predicted octanol–water partition coefficient (Wildman–Crippen LogP) is 5.44. The molecule has 1 fully saturated rings. The molecule has 1 aliphatic carbocycles. The standard InChI is InChI=1S/C28H32N2O3S/c1-20-9-3-6-15-25(20)27(28(32)29-22-11-4-5-12-22)30(26(31)18-24-14-8-16-34-24)19-21-10-7-13-23(17-21)33-2/h3,6-10,13-17,22,27H,4-5,11-12,18-19H2,1-2H3,(H,29,32)/t27-/m1/s1. The normalized spacial score (nSPS) is 14.5. The number of carbonyl (C=O) groups is 2. The number of hydrogen-bond donors (Lipinski definition) is 1. The number of methoxy groups -OCH3 is 1. The third-order valence-corrected chi connectivity index (χ3v) is 7.33. The summed E-state index contributed by atoms with van der Waals surface area (Å²) in [6.45, 7) is 2.32. The highest BCUT2D eigenvalue weighted by atomic mass is 32.1. The molecule has 2 aromatic carbocycles. The summed E-state index contributed by atoms with van der Waals surface area (Å²) in [5, 5.41) is 5.23. The van der Waals surface area contributed by atoms with Gasteiger partial charge in [-0.2, -0.15) is 0 Å². The van der Waals surface area contributed by atoms with Gasteiger partial charge in [0.15, 0.2) is 0 Å². The average Bonchev–Trinajstić information content (AvgIpc) is 3.54. The fourth-order valence-electron chi connectivity index (χ4n) is 4.65. The molecule has 0 saturated heterocycles. The number of nitrogens with one attached hydrogen (secondary N) is 1. The van der Waals surface area contributed by atoms with E-state index in [1.165, 1.54) is 0 Å². The SMILES string of the molecule is COc1cccc(CN(C(=O)Cc2cccs2)[C@@H](C(=O)NC2CCCC2)c2ccccc2C)c1. The zero-order chi connectivity index (χ0) is 23.9. The number of rotatable bonds is 9. The summed E-state index contributed by atoms with van der Waals surface area (Å²) in [5.41, 5.74) is 2.78. The largest absolute Gasteiger partial charge is 0.497 e. The average molecular weight is 477 g/mol. The Balaban J connectivity index is 1.72. The van der Waals surface area contributed by atoms with Gasteiger partial charge in [-0.05, 0) is 60.0 Å². The molecule has 4 rings (SSSR count). The third-order valence-electron chi connectivity index (χ3n) is 6.46. The molecule has 0 aliphatic heterocycles. The van der Waals surface area contributed by atoms with Crippen molar-refractivity contribution < 1.29 is 14.3 Å². The first-order chi connectivity index (χ1) is 16.5. The molecule has 6 heteroatoms. The van der Waals surface area contributed by atoms with Gasteiger partial charge >= 0.3 is 0 Å². The van der Waals surface area contributed by atoms with Crippen LogP contribution < -0.4 is 10.1 Å². The highest BCUT2D eigenvalue weighted by Gasteiger charge is 2.34. The number of thiophene rings is 1. The molecule has 1 aromatic heterocycles. The molecule has 1 heterocycles. The summed E-state index contributed by atoms with van der Waals surface area (Å²) in [5.74, 6) is 0.551. The molecule has 0 unspecified atom stereocenters. The first kappa shape index (κ1) is 24.0. The van der Waals surface area contributed by atoms with E-state index in [-0.39, 0.29) is 24.3 Å². The molecule has 178 valence electrons. The van der Waals surface area contributed by atoms with E-state index in [2.05, 4.69) is 5.32 Å². The molecule has 0 spiro atoms. The fraction of sp³-hybridized carbons (Fsp3) is 0.357. The second kappa shape index (κ2) is 11.3. The van der Waals surface area contributed by atoms with Crippen LogP contribution in [-0.4, -0.2) is 29.9 Å². The van der Waals surface area contributed by atoms with E-state index in [0.29, 0.717) is 6.54 Å². The Kier molecular flexibility index (Phi) is 8.01. The number of benzene rings is 2. The lowest BCUT2D eigenvalue weighted by atomic mass is 9.97. The molecule has 1 aliphatic rings. The molecule has 1 saturated carbocycles. The van der Waals surface area contributed by atoms with E-state index in [1.807, 2.05) is 73.0 Å². The Morgan fingerprint density at radius 2 is 1.88 bits per heavy atom. The fourth-order valence-corrected chi connectivity index (χ4v) is 5.35. The highest BCUT2D eigenvalue weighted by molar-refractivity contribution is 7.10. The lowest BCUT2D eigenvalue weighted by molar-refractivity contribution is -0.141. The van der Waals surface area contributed by atoms with E-state index in [9.17, 15) is 9.59 Å². The Labute approximate surface area is 205 Å². The van der Waals surface area contributed by atoms with Gasteiger partial charge in [-0.25, -0.2) is 0 Å². The van der Waals surface area contributed by atoms with Gasteiger partial charge in [0.25, 0.3) is 0 Å². The van der Waals surface area contributed by atoms with E-state index in [4.69, 9.17) is 4.74 Å². The van der Waals surface area contributed by atoms with Gasteiger partial charge < -0.3 is 15.0 Å². The maximum absolute atomic E-state index is 13.8. The van der Waals surface area contributed by atoms with Crippen molar-refractivity contribution >= 4 is 23.2 Å². The zero-order valence-electron chi connectivity index (χ0n) is 19.8. The first-order valence-electron chi connectivity index (χ1n) is 11.9. The van der Waals surface area contributed by atoms with Crippen molar-refractivity contribution in [1.29, 1.82) is 0 Å². The smallest absolute Gasteiger partial charge is 0.247 e. The third kappa shape index (κ3) is 5.86. The second-order valence-electron chi connectivity index (χ2n) is 8.88. The lowest BCUT2D eigenvalue weighted by Gasteiger charge is -2.33. The Bertz CT molecular complexity index is 1110. The van der Waals surface area contributed by atoms with Crippen molar-refractivity contribution in [3.05, 3.63) is 87.6 Å². The molecule has 34 heavy (non-hydrogen) atoms. The number of amides is 2. The minimum atomic E-state index is -0.708. The summed E-state index contributed by atoms with van der Waals surface area (Å²) in [6, 6.07) is 18.9. The number of carbonyl (C=O) groups excluding carboxylic acids is 2. The van der Waals surface area contributed by atoms with Gasteiger partial charge in [-0.3, -0.25) is 9.59 Å². The van der Waals surface area contributed by atoms with Crippen LogP contribution in [0, 0.1) is 6.92 Å². The Morgan fingerprint density at radius 3 is 2.59 bits per heavy atom. The van der Waals surface area contributed by atoms with Crippen LogP contribution in [0.2, 0.25) is 0 Å². The maximum atomic E-state index is 13.8. The van der Waals surface area contributed by atoms with Gasteiger partial charge in [0.1, 0.15) is 11.8 Å². The summed E-state index contributed by atoms with van der Waals surface area (Å²) >= 11 is 1.56. The molecule has 0 radical (unpaired) electrons. The monoisotopic (exact) mass is 476 g/mol. The lowest BCUT2D eigenvalue weighted by Crippen LogP contribution is -2.46. The van der Waals surface area contributed by atoms with Crippen LogP contribution in [-0.2, 0) is 22.6 Å². The highest BCUT2D eigenvalue weighted by Crippen LogP contribution is 2.29. The van der Waals surface area contributed by atoms with Crippen molar-refractivity contribution in [3.8, 4) is 5.75 Å². The molecule has 1 N–H and O–H groups in total. The van der Waals surface area contributed by atoms with Crippen LogP contribution in [0.5, 0.6) is 5.75 Å². The van der Waals surface area contributed by atoms with Crippen molar-refractivity contribution in [3.63, 3.8) is 0 Å². The van der Waals surface area contributed by atoms with Crippen LogP contribution in [0.3, 0.4) is 0 Å². The van der Waals surface area contributed by atoms with Gasteiger partial charge in [-0.15, -0.1) is 11.3 Å². The predicted molar refractivity (Wildman–Crippen MR) is 136 cm³/mol. The molecule has 3 aromatic rings. The van der Waals surface area contributed by atoms with E-state index >= 15 is 0 Å². The number of aryl methyl sites for hydroxylation is 1. The van der Waals surface area contributed by atoms with Crippen molar-refractivity contribution in [2.75, 3.05) is 7.11 Å². The van der Waals surface area contributed by atoms with Crippen LogP contribution in [0.25, 0.3) is 0 Å². The molecular weight excluding hydrogens is 444 g/mol. The number of nitrogens with zero attached hydrogens (tertiary/aromatic N) is 1. The summed E-state index contributed by atoms with van der Waals surface area (Å²) < 4.78 is 5.40. The van der Waals surface area contributed by atoms with Crippen molar-refractivity contribution in [2.45, 2.75) is 57.7 Å². The van der Waals surface area contributed by atoms with E-state index in [0.717, 1.165) is 53.0 Å². The maximum Gasteiger partial charge on any atom is 0.247 e. The topological polar surface area (TPSA) is 58.6 Å². The minimum absolute atomic E-state index is 0.0694. The van der Waals surface area contributed by atoms with Crippen LogP contribution in [0.1, 0.15) is 53.3 Å². The number of hydrogen-bond acceptors (Lipinski definition) is 4. The molecule has 1 atom stereocenters. The summed E-state index contributed by atoms with van der Waals surface area (Å²) in [4.78, 5) is 30.3. The first-order valence-corrected chi connectivity index (χ1v) is 12.7. The van der Waals surface area contributed by atoms with Crippen LogP contribution in [0.15, 0.2) is 66.0 Å². The summed E-state index contributed by atoms with van der Waals surface area (Å²) in [6.07, 6.45) is 4.51. The van der Waals surface area contributed by atoms with Crippen LogP contribution >= 0.6 is 11.3 Å². The van der Waals surface area contributed by atoms with E-state index in [1.54, 1.807) is 23.3 Å². The quantitative estimate of drug-likeness (QED) is 0.448. The molecule has 5 nitrogen and oxygen atoms in total. The second-order valence-corrected chi connectivity index (χ2v) is 9.91. The molecule has 2 amide bonds. The van der Waals surface area contributed by atoms with Gasteiger partial charge in [0, 0.05) is 17.5 Å². The minimum Gasteiger partial charge on any atom is -0.497 e. The van der Waals surface area contributed by atoms with Gasteiger partial charge in [0.05, 0.1) is 13.5 Å². The Hall–Kier alpha value is -3.12. The van der Waals surface area contributed by atoms with Crippen molar-refractivity contribution in [1.82, 2.24) is 10.2 Å². The van der Waals surface area contributed by atoms with Gasteiger partial charge in [0.2, 0.25) is 11.8 Å². The van der Waals surface area contributed by atoms with Crippen LogP contribution in [0.4, 0.5) is 0 Å². The Morgan fingerprint density at radius 1 is 1.09 bits per heavy atom. The van der Waals surface area contributed by atoms with E-state index < -0.39 is 6.04 Å². The van der Waals surface area contributed by atoms with Gasteiger partial charge in [-0.1, -0.05) is 55.3 Å². The number of ether oxygens (including phenoxy) is 1.